The van der Waals surface area contributed by atoms with E-state index in [-0.39, 0.29) is 11.0 Å². The molecule has 0 spiro atoms. The van der Waals surface area contributed by atoms with Gasteiger partial charge >= 0.3 is 0 Å². The Morgan fingerprint density at radius 2 is 2.25 bits per heavy atom. The van der Waals surface area contributed by atoms with Crippen LogP contribution >= 0.6 is 11.6 Å². The van der Waals surface area contributed by atoms with Gasteiger partial charge in [0.05, 0.1) is 12.4 Å². The molecule has 0 N–H and O–H groups in total. The van der Waals surface area contributed by atoms with Crippen LogP contribution in [0.4, 0.5) is 4.39 Å². The van der Waals surface area contributed by atoms with Crippen molar-refractivity contribution in [2.24, 2.45) is 0 Å². The van der Waals surface area contributed by atoms with Crippen LogP contribution in [0, 0.1) is 5.82 Å². The highest BCUT2D eigenvalue weighted by Crippen LogP contribution is 2.20. The second kappa shape index (κ2) is 4.57. The summed E-state index contributed by atoms with van der Waals surface area (Å²) in [6.45, 7) is 2.84. The predicted molar refractivity (Wildman–Crippen MR) is 58.5 cm³/mol. The molecule has 0 fully saturated rings. The second-order valence-corrected chi connectivity index (χ2v) is 3.67. The summed E-state index contributed by atoms with van der Waals surface area (Å²) in [5.41, 5.74) is 0.789. The van der Waals surface area contributed by atoms with E-state index in [1.807, 2.05) is 6.92 Å². The maximum Gasteiger partial charge on any atom is 0.223 e. The standard InChI is InChI=1S/C10H10ClFN4/c1-2-3-16-6-7(4-14-16)9-8(12)5-13-10(11)15-9/h4-6H,2-3H2,1H3. The van der Waals surface area contributed by atoms with Crippen LogP contribution < -0.4 is 0 Å². The third-order valence-corrected chi connectivity index (χ3v) is 2.26. The fourth-order valence-corrected chi connectivity index (χ4v) is 1.52. The number of rotatable bonds is 3. The Bertz CT molecular complexity index is 497. The summed E-state index contributed by atoms with van der Waals surface area (Å²) in [5.74, 6) is -0.500. The van der Waals surface area contributed by atoms with Crippen molar-refractivity contribution in [3.63, 3.8) is 0 Å². The fourth-order valence-electron chi connectivity index (χ4n) is 1.39. The van der Waals surface area contributed by atoms with E-state index in [1.54, 1.807) is 17.1 Å². The molecule has 0 atom stereocenters. The van der Waals surface area contributed by atoms with Gasteiger partial charge in [0.25, 0.3) is 0 Å². The van der Waals surface area contributed by atoms with Crippen LogP contribution in [0.2, 0.25) is 5.28 Å². The van der Waals surface area contributed by atoms with Crippen molar-refractivity contribution in [2.45, 2.75) is 19.9 Å². The number of hydrogen-bond acceptors (Lipinski definition) is 3. The Hall–Kier alpha value is -1.49. The lowest BCUT2D eigenvalue weighted by Crippen LogP contribution is -1.96. The van der Waals surface area contributed by atoms with E-state index in [9.17, 15) is 4.39 Å². The molecule has 6 heteroatoms. The molecule has 0 saturated heterocycles. The quantitative estimate of drug-likeness (QED) is 0.775. The first kappa shape index (κ1) is 11.0. The molecule has 0 unspecified atom stereocenters. The van der Waals surface area contributed by atoms with Gasteiger partial charge in [-0.2, -0.15) is 5.10 Å². The van der Waals surface area contributed by atoms with Gasteiger partial charge in [0.2, 0.25) is 5.28 Å². The highest BCUT2D eigenvalue weighted by Gasteiger charge is 2.10. The average molecular weight is 241 g/mol. The van der Waals surface area contributed by atoms with E-state index in [4.69, 9.17) is 11.6 Å². The molecule has 2 aromatic heterocycles. The van der Waals surface area contributed by atoms with Crippen LogP contribution in [0.1, 0.15) is 13.3 Å². The summed E-state index contributed by atoms with van der Waals surface area (Å²) in [4.78, 5) is 7.40. The molecule has 0 amide bonds. The van der Waals surface area contributed by atoms with Crippen molar-refractivity contribution in [3.05, 3.63) is 29.7 Å². The molecule has 2 rings (SSSR count). The molecule has 2 aromatic rings. The van der Waals surface area contributed by atoms with Gasteiger partial charge in [0, 0.05) is 18.3 Å². The van der Waals surface area contributed by atoms with Crippen LogP contribution in [0.25, 0.3) is 11.3 Å². The molecule has 0 aromatic carbocycles. The van der Waals surface area contributed by atoms with Crippen molar-refractivity contribution < 1.29 is 4.39 Å². The molecule has 0 radical (unpaired) electrons. The molecule has 0 aliphatic rings. The maximum atomic E-state index is 13.4. The normalized spacial score (nSPS) is 10.7. The Labute approximate surface area is 97.1 Å². The summed E-state index contributed by atoms with van der Waals surface area (Å²) >= 11 is 5.62. The van der Waals surface area contributed by atoms with Gasteiger partial charge in [-0.3, -0.25) is 4.68 Å². The van der Waals surface area contributed by atoms with E-state index in [0.29, 0.717) is 5.56 Å². The van der Waals surface area contributed by atoms with E-state index in [0.717, 1.165) is 19.2 Å². The molecule has 0 aliphatic heterocycles. The van der Waals surface area contributed by atoms with Crippen LogP contribution in [-0.2, 0) is 6.54 Å². The average Bonchev–Trinajstić information content (AvgIpc) is 2.71. The van der Waals surface area contributed by atoms with E-state index >= 15 is 0 Å². The third-order valence-electron chi connectivity index (χ3n) is 2.07. The summed E-state index contributed by atoms with van der Waals surface area (Å²) in [6.07, 6.45) is 5.33. The van der Waals surface area contributed by atoms with Crippen molar-refractivity contribution >= 4 is 11.6 Å². The van der Waals surface area contributed by atoms with E-state index in [2.05, 4.69) is 15.1 Å². The van der Waals surface area contributed by atoms with Gasteiger partial charge in [-0.25, -0.2) is 14.4 Å². The number of aromatic nitrogens is 4. The Morgan fingerprint density at radius 1 is 1.44 bits per heavy atom. The highest BCUT2D eigenvalue weighted by atomic mass is 35.5. The van der Waals surface area contributed by atoms with Gasteiger partial charge < -0.3 is 0 Å². The number of aryl methyl sites for hydroxylation is 1. The van der Waals surface area contributed by atoms with Gasteiger partial charge in [-0.15, -0.1) is 0 Å². The van der Waals surface area contributed by atoms with Gasteiger partial charge in [-0.1, -0.05) is 6.92 Å². The summed E-state index contributed by atoms with van der Waals surface area (Å²) in [7, 11) is 0. The van der Waals surface area contributed by atoms with Crippen molar-refractivity contribution in [3.8, 4) is 11.3 Å². The molecular weight excluding hydrogens is 231 g/mol. The highest BCUT2D eigenvalue weighted by molar-refractivity contribution is 6.28. The predicted octanol–water partition coefficient (Wildman–Crippen LogP) is 2.54. The Balaban J connectivity index is 2.38. The van der Waals surface area contributed by atoms with Crippen molar-refractivity contribution in [2.75, 3.05) is 0 Å². The minimum Gasteiger partial charge on any atom is -0.272 e. The zero-order valence-corrected chi connectivity index (χ0v) is 9.45. The molecule has 0 bridgehead atoms. The SMILES string of the molecule is CCCn1cc(-c2nc(Cl)ncc2F)cn1. The molecule has 2 heterocycles. The van der Waals surface area contributed by atoms with Crippen LogP contribution in [-0.4, -0.2) is 19.7 Å². The minimum atomic E-state index is -0.500. The monoisotopic (exact) mass is 240 g/mol. The molecule has 0 aliphatic carbocycles. The van der Waals surface area contributed by atoms with Crippen LogP contribution in [0.3, 0.4) is 0 Å². The number of halogens is 2. The lowest BCUT2D eigenvalue weighted by molar-refractivity contribution is 0.602. The van der Waals surface area contributed by atoms with Gasteiger partial charge in [0.1, 0.15) is 5.69 Å². The Morgan fingerprint density at radius 3 is 3.00 bits per heavy atom. The maximum absolute atomic E-state index is 13.4. The first-order valence-corrected chi connectivity index (χ1v) is 5.29. The van der Waals surface area contributed by atoms with E-state index in [1.165, 1.54) is 0 Å². The molecular formula is C10H10ClFN4. The summed E-state index contributed by atoms with van der Waals surface area (Å²) in [6, 6.07) is 0. The van der Waals surface area contributed by atoms with Gasteiger partial charge in [-0.05, 0) is 18.0 Å². The first-order chi connectivity index (χ1) is 7.70. The van der Waals surface area contributed by atoms with Crippen molar-refractivity contribution in [1.82, 2.24) is 19.7 Å². The van der Waals surface area contributed by atoms with Crippen molar-refractivity contribution in [1.29, 1.82) is 0 Å². The van der Waals surface area contributed by atoms with Gasteiger partial charge in [0.15, 0.2) is 5.82 Å². The number of hydrogen-bond donors (Lipinski definition) is 0. The minimum absolute atomic E-state index is 0.0274. The second-order valence-electron chi connectivity index (χ2n) is 3.33. The fraction of sp³-hybridized carbons (Fsp3) is 0.300. The zero-order valence-electron chi connectivity index (χ0n) is 8.69. The molecule has 0 saturated carbocycles. The van der Waals surface area contributed by atoms with Crippen LogP contribution in [0.15, 0.2) is 18.6 Å². The summed E-state index contributed by atoms with van der Waals surface area (Å²) < 4.78 is 15.2. The molecule has 16 heavy (non-hydrogen) atoms. The lowest BCUT2D eigenvalue weighted by Gasteiger charge is -1.98. The van der Waals surface area contributed by atoms with E-state index < -0.39 is 5.82 Å². The largest absolute Gasteiger partial charge is 0.272 e. The topological polar surface area (TPSA) is 43.6 Å². The zero-order chi connectivity index (χ0) is 11.5. The lowest BCUT2D eigenvalue weighted by atomic mass is 10.2. The smallest absolute Gasteiger partial charge is 0.223 e. The third kappa shape index (κ3) is 2.19. The first-order valence-electron chi connectivity index (χ1n) is 4.91. The Kier molecular flexibility index (Phi) is 3.14. The van der Waals surface area contributed by atoms with Crippen LogP contribution in [0.5, 0.6) is 0 Å². The summed E-state index contributed by atoms with van der Waals surface area (Å²) in [5, 5.41) is 4.13. The number of nitrogens with zero attached hydrogens (tertiary/aromatic N) is 4. The molecule has 84 valence electrons. The molecule has 4 nitrogen and oxygen atoms in total.